The van der Waals surface area contributed by atoms with E-state index in [1.165, 1.54) is 10.4 Å². The molecule has 0 spiro atoms. The molecule has 0 heterocycles. The van der Waals surface area contributed by atoms with E-state index in [0.29, 0.717) is 6.42 Å². The van der Waals surface area contributed by atoms with Gasteiger partial charge in [0.15, 0.2) is 5.78 Å². The van der Waals surface area contributed by atoms with Crippen LogP contribution in [0.2, 0.25) is 6.04 Å². The average molecular weight is 316 g/mol. The van der Waals surface area contributed by atoms with Gasteiger partial charge in [0.05, 0.1) is 0 Å². The third kappa shape index (κ3) is 4.05. The van der Waals surface area contributed by atoms with E-state index in [2.05, 4.69) is 60.7 Å². The van der Waals surface area contributed by atoms with Crippen LogP contribution in [0.3, 0.4) is 0 Å². The van der Waals surface area contributed by atoms with Crippen molar-refractivity contribution in [2.75, 3.05) is 0 Å². The lowest BCUT2D eigenvalue weighted by atomic mass is 10.1. The zero-order valence-electron chi connectivity index (χ0n) is 13.1. The lowest BCUT2D eigenvalue weighted by Crippen LogP contribution is -2.42. The molecule has 0 saturated carbocycles. The van der Waals surface area contributed by atoms with Gasteiger partial charge in [-0.1, -0.05) is 101 Å². The van der Waals surface area contributed by atoms with E-state index in [4.69, 9.17) is 0 Å². The molecule has 0 aliphatic heterocycles. The highest BCUT2D eigenvalue weighted by atomic mass is 28.3. The summed E-state index contributed by atoms with van der Waals surface area (Å²) in [6.45, 7) is 0. The Balaban J connectivity index is 1.79. The van der Waals surface area contributed by atoms with E-state index in [9.17, 15) is 4.79 Å². The fourth-order valence-electron chi connectivity index (χ4n) is 2.94. The van der Waals surface area contributed by atoms with E-state index in [0.717, 1.165) is 11.6 Å². The summed E-state index contributed by atoms with van der Waals surface area (Å²) in [6.07, 6.45) is 0.616. The summed E-state index contributed by atoms with van der Waals surface area (Å²) in [5.74, 6) is 0.245. The number of ketones is 1. The lowest BCUT2D eigenvalue weighted by Gasteiger charge is -2.16. The van der Waals surface area contributed by atoms with Gasteiger partial charge >= 0.3 is 0 Å². The van der Waals surface area contributed by atoms with Crippen LogP contribution < -0.4 is 10.4 Å². The fraction of sp³-hybridized carbons (Fsp3) is 0.0952. The Hall–Kier alpha value is -2.45. The Kier molecular flexibility index (Phi) is 5.17. The zero-order valence-corrected chi connectivity index (χ0v) is 14.2. The molecule has 0 amide bonds. The van der Waals surface area contributed by atoms with E-state index in [1.54, 1.807) is 0 Å². The summed E-state index contributed by atoms with van der Waals surface area (Å²) >= 11 is 0. The molecular weight excluding hydrogens is 296 g/mol. The minimum absolute atomic E-state index is 0.245. The van der Waals surface area contributed by atoms with Gasteiger partial charge in [-0.05, 0) is 6.04 Å². The predicted octanol–water partition coefficient (Wildman–Crippen LogP) is 3.30. The summed E-state index contributed by atoms with van der Waals surface area (Å²) in [7, 11) is -1.35. The van der Waals surface area contributed by atoms with Crippen molar-refractivity contribution in [2.24, 2.45) is 0 Å². The van der Waals surface area contributed by atoms with Gasteiger partial charge < -0.3 is 0 Å². The standard InChI is InChI=1S/C21H20OSi/c22-21(18-10-4-1-5-11-18)16-17-23(19-12-6-2-7-13-19)20-14-8-3-9-15-20/h1-15,23H,16-17H2. The van der Waals surface area contributed by atoms with Crippen molar-refractivity contribution in [3.05, 3.63) is 96.6 Å². The normalized spacial score (nSPS) is 10.7. The molecule has 3 aromatic carbocycles. The quantitative estimate of drug-likeness (QED) is 0.504. The highest BCUT2D eigenvalue weighted by Crippen LogP contribution is 2.08. The largest absolute Gasteiger partial charge is 0.294 e. The van der Waals surface area contributed by atoms with E-state index < -0.39 is 8.80 Å². The molecule has 0 saturated heterocycles. The van der Waals surface area contributed by atoms with Crippen LogP contribution >= 0.6 is 0 Å². The van der Waals surface area contributed by atoms with Gasteiger partial charge in [0.1, 0.15) is 8.80 Å². The molecule has 0 bridgehead atoms. The minimum Gasteiger partial charge on any atom is -0.294 e. The first-order valence-electron chi connectivity index (χ1n) is 8.03. The van der Waals surface area contributed by atoms with Gasteiger partial charge in [0, 0.05) is 12.0 Å². The SMILES string of the molecule is O=C(CC[SiH](c1ccccc1)c1ccccc1)c1ccccc1. The molecule has 0 fully saturated rings. The first-order valence-corrected chi connectivity index (χ1v) is 10.00. The van der Waals surface area contributed by atoms with Crippen LogP contribution in [0.4, 0.5) is 0 Å². The second kappa shape index (κ2) is 7.70. The minimum atomic E-state index is -1.35. The Morgan fingerprint density at radius 1 is 0.652 bits per heavy atom. The first kappa shape index (κ1) is 15.4. The van der Waals surface area contributed by atoms with Crippen LogP contribution in [-0.4, -0.2) is 14.6 Å². The maximum Gasteiger partial charge on any atom is 0.162 e. The van der Waals surface area contributed by atoms with E-state index >= 15 is 0 Å². The van der Waals surface area contributed by atoms with E-state index in [-0.39, 0.29) is 5.78 Å². The Morgan fingerprint density at radius 2 is 1.09 bits per heavy atom. The molecular formula is C21H20OSi. The smallest absolute Gasteiger partial charge is 0.162 e. The van der Waals surface area contributed by atoms with Crippen LogP contribution in [0.25, 0.3) is 0 Å². The Labute approximate surface area is 139 Å². The molecule has 0 aliphatic carbocycles. The molecule has 0 N–H and O–H groups in total. The molecule has 1 nitrogen and oxygen atoms in total. The number of carbonyl (C=O) groups is 1. The van der Waals surface area contributed by atoms with Crippen molar-refractivity contribution < 1.29 is 4.79 Å². The molecule has 23 heavy (non-hydrogen) atoms. The molecule has 0 atom stereocenters. The van der Waals surface area contributed by atoms with Crippen LogP contribution in [-0.2, 0) is 0 Å². The molecule has 0 unspecified atom stereocenters. The predicted molar refractivity (Wildman–Crippen MR) is 99.5 cm³/mol. The summed E-state index contributed by atoms with van der Waals surface area (Å²) in [4.78, 5) is 12.4. The molecule has 3 rings (SSSR count). The number of hydrogen-bond donors (Lipinski definition) is 0. The Bertz CT molecular complexity index is 699. The maximum atomic E-state index is 12.4. The lowest BCUT2D eigenvalue weighted by molar-refractivity contribution is 0.0988. The zero-order chi connectivity index (χ0) is 15.9. The van der Waals surface area contributed by atoms with Crippen LogP contribution in [0.1, 0.15) is 16.8 Å². The van der Waals surface area contributed by atoms with Crippen LogP contribution in [0.5, 0.6) is 0 Å². The molecule has 0 aliphatic rings. The monoisotopic (exact) mass is 316 g/mol. The van der Waals surface area contributed by atoms with Gasteiger partial charge in [0.2, 0.25) is 0 Å². The topological polar surface area (TPSA) is 17.1 Å². The van der Waals surface area contributed by atoms with Crippen LogP contribution in [0.15, 0.2) is 91.0 Å². The fourth-order valence-corrected chi connectivity index (χ4v) is 5.92. The summed E-state index contributed by atoms with van der Waals surface area (Å²) < 4.78 is 0. The number of Topliss-reactive ketones (excluding diaryl/α,β-unsaturated/α-hetero) is 1. The van der Waals surface area contributed by atoms with Crippen molar-refractivity contribution in [2.45, 2.75) is 12.5 Å². The Morgan fingerprint density at radius 3 is 1.57 bits per heavy atom. The van der Waals surface area contributed by atoms with Gasteiger partial charge in [0.25, 0.3) is 0 Å². The number of benzene rings is 3. The number of rotatable bonds is 6. The molecule has 2 heteroatoms. The van der Waals surface area contributed by atoms with Gasteiger partial charge in [-0.3, -0.25) is 4.79 Å². The molecule has 114 valence electrons. The van der Waals surface area contributed by atoms with E-state index in [1.807, 2.05) is 30.3 Å². The highest BCUT2D eigenvalue weighted by molar-refractivity contribution is 6.85. The molecule has 0 aromatic heterocycles. The first-order chi connectivity index (χ1) is 11.3. The van der Waals surface area contributed by atoms with Crippen molar-refractivity contribution in [3.8, 4) is 0 Å². The van der Waals surface area contributed by atoms with Gasteiger partial charge in [-0.15, -0.1) is 0 Å². The van der Waals surface area contributed by atoms with Crippen molar-refractivity contribution >= 4 is 25.0 Å². The summed E-state index contributed by atoms with van der Waals surface area (Å²) in [5, 5.41) is 2.80. The highest BCUT2D eigenvalue weighted by Gasteiger charge is 2.17. The second-order valence-electron chi connectivity index (χ2n) is 5.70. The second-order valence-corrected chi connectivity index (χ2v) is 8.72. The maximum absolute atomic E-state index is 12.4. The molecule has 3 aromatic rings. The number of carbonyl (C=O) groups excluding carboxylic acids is 1. The van der Waals surface area contributed by atoms with Crippen molar-refractivity contribution in [3.63, 3.8) is 0 Å². The summed E-state index contributed by atoms with van der Waals surface area (Å²) in [5.41, 5.74) is 0.821. The van der Waals surface area contributed by atoms with Crippen molar-refractivity contribution in [1.82, 2.24) is 0 Å². The van der Waals surface area contributed by atoms with Gasteiger partial charge in [-0.2, -0.15) is 0 Å². The third-order valence-corrected chi connectivity index (χ3v) is 7.41. The number of hydrogen-bond acceptors (Lipinski definition) is 1. The van der Waals surface area contributed by atoms with Crippen LogP contribution in [0, 0.1) is 0 Å². The average Bonchev–Trinajstić information content (AvgIpc) is 2.64. The van der Waals surface area contributed by atoms with Gasteiger partial charge in [-0.25, -0.2) is 0 Å². The molecule has 0 radical (unpaired) electrons. The third-order valence-electron chi connectivity index (χ3n) is 4.16. The van der Waals surface area contributed by atoms with Crippen molar-refractivity contribution in [1.29, 1.82) is 0 Å². The summed E-state index contributed by atoms with van der Waals surface area (Å²) in [6, 6.07) is 31.9.